The molecule has 0 N–H and O–H groups in total. The topological polar surface area (TPSA) is 17.1 Å². The van der Waals surface area contributed by atoms with Crippen molar-refractivity contribution in [2.75, 3.05) is 0 Å². The van der Waals surface area contributed by atoms with Gasteiger partial charge in [-0.25, -0.2) is 0 Å². The number of hydrogen-bond acceptors (Lipinski definition) is 1. The van der Waals surface area contributed by atoms with Crippen LogP contribution in [0, 0.1) is 0 Å². The van der Waals surface area contributed by atoms with Crippen molar-refractivity contribution < 1.29 is 4.79 Å². The summed E-state index contributed by atoms with van der Waals surface area (Å²) < 4.78 is 0. The van der Waals surface area contributed by atoms with Crippen molar-refractivity contribution in [3.63, 3.8) is 0 Å². The van der Waals surface area contributed by atoms with Crippen LogP contribution in [0.25, 0.3) is 0 Å². The minimum Gasteiger partial charge on any atom is -0.299 e. The van der Waals surface area contributed by atoms with Crippen LogP contribution in [0.4, 0.5) is 0 Å². The highest BCUT2D eigenvalue weighted by Gasteiger charge is 2.21. The third kappa shape index (κ3) is 4.17. The highest BCUT2D eigenvalue weighted by atomic mass is 16.1. The second-order valence-corrected chi connectivity index (χ2v) is 5.78. The Morgan fingerprint density at radius 2 is 1.13 bits per heavy atom. The van der Waals surface area contributed by atoms with Crippen LogP contribution in [0.2, 0.25) is 0 Å². The Morgan fingerprint density at radius 3 is 1.70 bits per heavy atom. The normalized spacial score (nSPS) is 11.8. The van der Waals surface area contributed by atoms with Crippen LogP contribution in [-0.4, -0.2) is 5.78 Å². The van der Waals surface area contributed by atoms with Crippen molar-refractivity contribution in [1.82, 2.24) is 0 Å². The van der Waals surface area contributed by atoms with Crippen LogP contribution in [0.15, 0.2) is 91.0 Å². The molecule has 1 nitrogen and oxygen atoms in total. The first-order valence-corrected chi connectivity index (χ1v) is 7.98. The molecule has 0 aliphatic carbocycles. The first kappa shape index (κ1) is 15.2. The molecule has 0 heterocycles. The molecule has 114 valence electrons. The minimum atomic E-state index is -0.0983. The lowest BCUT2D eigenvalue weighted by atomic mass is 9.86. The fraction of sp³-hybridized carbons (Fsp3) is 0.136. The van der Waals surface area contributed by atoms with E-state index < -0.39 is 0 Å². The van der Waals surface area contributed by atoms with Gasteiger partial charge in [0.15, 0.2) is 0 Å². The lowest BCUT2D eigenvalue weighted by molar-refractivity contribution is -0.119. The predicted molar refractivity (Wildman–Crippen MR) is 94.5 cm³/mol. The van der Waals surface area contributed by atoms with E-state index in [1.54, 1.807) is 0 Å². The molecule has 3 aromatic carbocycles. The summed E-state index contributed by atoms with van der Waals surface area (Å²) >= 11 is 0. The molecule has 0 saturated carbocycles. The molecule has 1 unspecified atom stereocenters. The van der Waals surface area contributed by atoms with Gasteiger partial charge in [0.2, 0.25) is 0 Å². The van der Waals surface area contributed by atoms with Crippen molar-refractivity contribution in [3.05, 3.63) is 108 Å². The van der Waals surface area contributed by atoms with Crippen LogP contribution in [0.1, 0.15) is 22.6 Å². The molecule has 23 heavy (non-hydrogen) atoms. The third-order valence-electron chi connectivity index (χ3n) is 4.09. The fourth-order valence-corrected chi connectivity index (χ4v) is 2.87. The maximum Gasteiger partial charge on any atom is 0.145 e. The molecule has 3 aromatic rings. The molecule has 1 atom stereocenters. The molecule has 0 fully saturated rings. The van der Waals surface area contributed by atoms with Gasteiger partial charge in [0.05, 0.1) is 0 Å². The molecule has 0 aromatic heterocycles. The summed E-state index contributed by atoms with van der Waals surface area (Å²) in [4.78, 5) is 12.9. The largest absolute Gasteiger partial charge is 0.299 e. The lowest BCUT2D eigenvalue weighted by Gasteiger charge is -2.17. The van der Waals surface area contributed by atoms with E-state index in [1.165, 1.54) is 5.56 Å². The van der Waals surface area contributed by atoms with Gasteiger partial charge in [-0.1, -0.05) is 91.0 Å². The van der Waals surface area contributed by atoms with Gasteiger partial charge in [-0.15, -0.1) is 0 Å². The van der Waals surface area contributed by atoms with E-state index in [0.29, 0.717) is 6.42 Å². The number of ketones is 1. The summed E-state index contributed by atoms with van der Waals surface area (Å²) in [7, 11) is 0. The molecule has 0 bridgehead atoms. The van der Waals surface area contributed by atoms with E-state index in [9.17, 15) is 4.79 Å². The van der Waals surface area contributed by atoms with Gasteiger partial charge in [-0.05, 0) is 23.1 Å². The maximum atomic E-state index is 12.9. The highest BCUT2D eigenvalue weighted by molar-refractivity contribution is 5.88. The Labute approximate surface area is 137 Å². The van der Waals surface area contributed by atoms with Crippen molar-refractivity contribution in [3.8, 4) is 0 Å². The van der Waals surface area contributed by atoms with Gasteiger partial charge in [-0.3, -0.25) is 4.79 Å². The summed E-state index contributed by atoms with van der Waals surface area (Å²) in [6, 6.07) is 30.3. The number of carbonyl (C=O) groups is 1. The zero-order valence-corrected chi connectivity index (χ0v) is 13.1. The van der Waals surface area contributed by atoms with Gasteiger partial charge < -0.3 is 0 Å². The third-order valence-corrected chi connectivity index (χ3v) is 4.09. The number of carbonyl (C=O) groups excluding carboxylic acids is 1. The zero-order chi connectivity index (χ0) is 15.9. The van der Waals surface area contributed by atoms with Crippen LogP contribution in [0.3, 0.4) is 0 Å². The Balaban J connectivity index is 1.84. The Kier molecular flexibility index (Phi) is 5.00. The van der Waals surface area contributed by atoms with Gasteiger partial charge in [0, 0.05) is 12.3 Å². The zero-order valence-electron chi connectivity index (χ0n) is 13.1. The SMILES string of the molecule is O=C(Cc1ccccc1)C(Cc1ccccc1)c1ccccc1. The molecule has 0 aliphatic heterocycles. The molecule has 3 rings (SSSR count). The van der Waals surface area contributed by atoms with E-state index in [4.69, 9.17) is 0 Å². The van der Waals surface area contributed by atoms with E-state index in [-0.39, 0.29) is 11.7 Å². The lowest BCUT2D eigenvalue weighted by Crippen LogP contribution is -2.17. The van der Waals surface area contributed by atoms with Crippen molar-refractivity contribution in [2.24, 2.45) is 0 Å². The fourth-order valence-electron chi connectivity index (χ4n) is 2.87. The van der Waals surface area contributed by atoms with Crippen molar-refractivity contribution in [1.29, 1.82) is 0 Å². The van der Waals surface area contributed by atoms with Crippen molar-refractivity contribution >= 4 is 5.78 Å². The van der Waals surface area contributed by atoms with Crippen molar-refractivity contribution in [2.45, 2.75) is 18.8 Å². The summed E-state index contributed by atoms with van der Waals surface area (Å²) in [5, 5.41) is 0. The second-order valence-electron chi connectivity index (χ2n) is 5.78. The molecule has 0 saturated heterocycles. The molecule has 0 spiro atoms. The van der Waals surface area contributed by atoms with E-state index in [2.05, 4.69) is 24.3 Å². The van der Waals surface area contributed by atoms with Gasteiger partial charge in [0.25, 0.3) is 0 Å². The smallest absolute Gasteiger partial charge is 0.145 e. The second kappa shape index (κ2) is 7.55. The van der Waals surface area contributed by atoms with Crippen LogP contribution < -0.4 is 0 Å². The first-order valence-electron chi connectivity index (χ1n) is 7.98. The molecule has 1 heteroatoms. The average Bonchev–Trinajstić information content (AvgIpc) is 2.62. The minimum absolute atomic E-state index is 0.0983. The molecular weight excluding hydrogens is 280 g/mol. The summed E-state index contributed by atoms with van der Waals surface area (Å²) in [5.74, 6) is 0.171. The quantitative estimate of drug-likeness (QED) is 0.637. The molecule has 0 aliphatic rings. The average molecular weight is 300 g/mol. The number of benzene rings is 3. The Morgan fingerprint density at radius 1 is 0.652 bits per heavy atom. The molecule has 0 radical (unpaired) electrons. The van der Waals surface area contributed by atoms with Crippen LogP contribution >= 0.6 is 0 Å². The highest BCUT2D eigenvalue weighted by Crippen LogP contribution is 2.23. The monoisotopic (exact) mass is 300 g/mol. The van der Waals surface area contributed by atoms with Gasteiger partial charge in [-0.2, -0.15) is 0 Å². The van der Waals surface area contributed by atoms with E-state index >= 15 is 0 Å². The number of rotatable bonds is 6. The van der Waals surface area contributed by atoms with Gasteiger partial charge >= 0.3 is 0 Å². The first-order chi connectivity index (χ1) is 11.3. The predicted octanol–water partition coefficient (Wildman–Crippen LogP) is 4.82. The van der Waals surface area contributed by atoms with Crippen LogP contribution in [-0.2, 0) is 17.6 Å². The van der Waals surface area contributed by atoms with Crippen LogP contribution in [0.5, 0.6) is 0 Å². The summed E-state index contributed by atoms with van der Waals surface area (Å²) in [6.07, 6.45) is 1.23. The maximum absolute atomic E-state index is 12.9. The molecular formula is C22H20O. The summed E-state index contributed by atoms with van der Waals surface area (Å²) in [6.45, 7) is 0. The number of hydrogen-bond donors (Lipinski definition) is 0. The Bertz CT molecular complexity index is 733. The Hall–Kier alpha value is -2.67. The summed E-state index contributed by atoms with van der Waals surface area (Å²) in [5.41, 5.74) is 3.37. The van der Waals surface area contributed by atoms with Gasteiger partial charge in [0.1, 0.15) is 5.78 Å². The van der Waals surface area contributed by atoms with E-state index in [0.717, 1.165) is 17.5 Å². The standard InChI is InChI=1S/C22H20O/c23-22(17-19-12-6-2-7-13-19)21(20-14-8-3-9-15-20)16-18-10-4-1-5-11-18/h1-15,21H,16-17H2. The van der Waals surface area contributed by atoms with E-state index in [1.807, 2.05) is 66.7 Å². The number of Topliss-reactive ketones (excluding diaryl/α,β-unsaturated/α-hetero) is 1. The molecule has 0 amide bonds.